The number of Topliss-reactive ketones (excluding diaryl/α,β-unsaturated/α-hetero) is 1. The zero-order valence-electron chi connectivity index (χ0n) is 20.0. The fourth-order valence-corrected chi connectivity index (χ4v) is 7.10. The Balaban J connectivity index is 1.44. The number of amides is 3. The number of nitrogens with zero attached hydrogens (tertiary/aromatic N) is 2. The molecule has 3 amide bonds. The summed E-state index contributed by atoms with van der Waals surface area (Å²) in [6.07, 6.45) is 3.29. The predicted octanol–water partition coefficient (Wildman–Crippen LogP) is -0.752. The van der Waals surface area contributed by atoms with Crippen molar-refractivity contribution in [3.8, 4) is 0 Å². The Morgan fingerprint density at radius 2 is 1.69 bits per heavy atom. The average molecular weight is 520 g/mol. The lowest BCUT2D eigenvalue weighted by Gasteiger charge is -2.39. The highest BCUT2D eigenvalue weighted by molar-refractivity contribution is 7.88. The summed E-state index contributed by atoms with van der Waals surface area (Å²) in [5.74, 6) is -3.43. The summed E-state index contributed by atoms with van der Waals surface area (Å²) in [5.41, 5.74) is 11.8. The van der Waals surface area contributed by atoms with Crippen molar-refractivity contribution in [3.63, 3.8) is 0 Å². The summed E-state index contributed by atoms with van der Waals surface area (Å²) in [4.78, 5) is 51.9. The van der Waals surface area contributed by atoms with Gasteiger partial charge in [0.2, 0.25) is 27.6 Å². The van der Waals surface area contributed by atoms with Crippen molar-refractivity contribution in [3.05, 3.63) is 35.9 Å². The van der Waals surface area contributed by atoms with Crippen molar-refractivity contribution in [2.75, 3.05) is 13.1 Å². The van der Waals surface area contributed by atoms with Gasteiger partial charge in [-0.3, -0.25) is 19.2 Å². The number of carbonyl (C=O) groups excluding carboxylic acids is 4. The molecule has 36 heavy (non-hydrogen) atoms. The van der Waals surface area contributed by atoms with E-state index in [9.17, 15) is 27.6 Å². The number of ketones is 1. The Labute approximate surface area is 210 Å². The molecule has 196 valence electrons. The van der Waals surface area contributed by atoms with Crippen LogP contribution in [0.2, 0.25) is 0 Å². The van der Waals surface area contributed by atoms with Gasteiger partial charge in [-0.2, -0.15) is 4.31 Å². The van der Waals surface area contributed by atoms with Crippen molar-refractivity contribution in [1.82, 2.24) is 14.5 Å². The minimum atomic E-state index is -3.73. The van der Waals surface area contributed by atoms with E-state index >= 15 is 0 Å². The van der Waals surface area contributed by atoms with E-state index in [4.69, 9.17) is 11.5 Å². The molecule has 4 rings (SSSR count). The van der Waals surface area contributed by atoms with Crippen molar-refractivity contribution in [2.45, 2.75) is 68.4 Å². The number of rotatable bonds is 8. The van der Waals surface area contributed by atoms with Crippen LogP contribution in [-0.4, -0.2) is 78.4 Å². The second-order valence-electron chi connectivity index (χ2n) is 9.97. The number of fused-ring (bicyclic) bond motifs is 1. The number of hydrogen-bond donors (Lipinski definition) is 3. The second-order valence-corrected chi connectivity index (χ2v) is 11.9. The van der Waals surface area contributed by atoms with Gasteiger partial charge in [-0.1, -0.05) is 30.3 Å². The molecular weight excluding hydrogens is 486 g/mol. The van der Waals surface area contributed by atoms with Crippen LogP contribution in [-0.2, 0) is 35.0 Å². The molecule has 1 aliphatic carbocycles. The molecule has 0 radical (unpaired) electrons. The van der Waals surface area contributed by atoms with Crippen molar-refractivity contribution < 1.29 is 27.6 Å². The van der Waals surface area contributed by atoms with Gasteiger partial charge in [0.15, 0.2) is 0 Å². The third-order valence-electron chi connectivity index (χ3n) is 7.52. The highest BCUT2D eigenvalue weighted by atomic mass is 32.2. The molecule has 5 N–H and O–H groups in total. The quantitative estimate of drug-likeness (QED) is 0.379. The first kappa shape index (κ1) is 26.2. The number of carbonyl (C=O) groups is 4. The molecule has 2 aliphatic heterocycles. The molecule has 0 aromatic heterocycles. The van der Waals surface area contributed by atoms with Gasteiger partial charge in [-0.05, 0) is 50.0 Å². The van der Waals surface area contributed by atoms with E-state index in [1.54, 1.807) is 30.3 Å². The minimum Gasteiger partial charge on any atom is -0.363 e. The third kappa shape index (κ3) is 5.60. The third-order valence-corrected chi connectivity index (χ3v) is 9.28. The largest absolute Gasteiger partial charge is 0.363 e. The standard InChI is InChI=1S/C24H33N5O6S/c25-17-8-6-16(7-9-17)21(22(31)23(26)32)27-24(33)19-11-10-18-12-28(13-20(30)29(18)19)36(34,35)14-15-4-2-1-3-5-15/h1-5,16-19,21H,6-14,25H2,(H2,26,32)(H,27,33). The van der Waals surface area contributed by atoms with Crippen LogP contribution in [0.4, 0.5) is 0 Å². The first-order chi connectivity index (χ1) is 17.1. The Bertz CT molecular complexity index is 1120. The summed E-state index contributed by atoms with van der Waals surface area (Å²) in [6, 6.07) is 6.42. The Hall–Kier alpha value is -2.83. The molecule has 2 heterocycles. The first-order valence-electron chi connectivity index (χ1n) is 12.3. The van der Waals surface area contributed by atoms with Gasteiger partial charge in [0, 0.05) is 18.6 Å². The molecular formula is C24H33N5O6S. The number of nitrogens with one attached hydrogen (secondary N) is 1. The molecule has 11 nitrogen and oxygen atoms in total. The maximum Gasteiger partial charge on any atom is 0.287 e. The van der Waals surface area contributed by atoms with Gasteiger partial charge >= 0.3 is 0 Å². The van der Waals surface area contributed by atoms with Crippen molar-refractivity contribution >= 4 is 33.5 Å². The van der Waals surface area contributed by atoms with Crippen molar-refractivity contribution in [2.24, 2.45) is 17.4 Å². The summed E-state index contributed by atoms with van der Waals surface area (Å²) in [5, 5.41) is 2.70. The Kier molecular flexibility index (Phi) is 7.76. The lowest BCUT2D eigenvalue weighted by atomic mass is 9.80. The number of benzene rings is 1. The summed E-state index contributed by atoms with van der Waals surface area (Å²) in [6.45, 7) is -0.242. The van der Waals surface area contributed by atoms with Crippen LogP contribution in [0.1, 0.15) is 44.1 Å². The molecule has 3 atom stereocenters. The number of primary amides is 1. The minimum absolute atomic E-state index is 0.0176. The number of sulfonamides is 1. The molecule has 3 unspecified atom stereocenters. The van der Waals surface area contributed by atoms with E-state index in [1.807, 2.05) is 0 Å². The van der Waals surface area contributed by atoms with Crippen LogP contribution >= 0.6 is 0 Å². The number of piperazine rings is 1. The zero-order valence-corrected chi connectivity index (χ0v) is 20.9. The van der Waals surface area contributed by atoms with Gasteiger partial charge in [-0.15, -0.1) is 0 Å². The Morgan fingerprint density at radius 1 is 1.03 bits per heavy atom. The molecule has 1 saturated carbocycles. The molecule has 1 aromatic carbocycles. The maximum absolute atomic E-state index is 13.2. The van der Waals surface area contributed by atoms with Crippen LogP contribution in [0.5, 0.6) is 0 Å². The highest BCUT2D eigenvalue weighted by Gasteiger charge is 2.48. The monoisotopic (exact) mass is 519 g/mol. The summed E-state index contributed by atoms with van der Waals surface area (Å²) in [7, 11) is -3.73. The maximum atomic E-state index is 13.2. The fraction of sp³-hybridized carbons (Fsp3) is 0.583. The molecule has 12 heteroatoms. The molecule has 3 fully saturated rings. The van der Waals surface area contributed by atoms with Crippen LogP contribution in [0.3, 0.4) is 0 Å². The molecule has 3 aliphatic rings. The van der Waals surface area contributed by atoms with Gasteiger partial charge in [0.25, 0.3) is 5.91 Å². The Morgan fingerprint density at radius 3 is 2.33 bits per heavy atom. The topological polar surface area (TPSA) is 173 Å². The van der Waals surface area contributed by atoms with Gasteiger partial charge in [0.1, 0.15) is 12.1 Å². The van der Waals surface area contributed by atoms with E-state index < -0.39 is 51.7 Å². The smallest absolute Gasteiger partial charge is 0.287 e. The number of hydrogen-bond acceptors (Lipinski definition) is 7. The SMILES string of the molecule is NC(=O)C(=O)C(NC(=O)C1CCC2CN(S(=O)(=O)Cc3ccccc3)CC(=O)N21)C1CCC(N)CC1. The van der Waals surface area contributed by atoms with Crippen molar-refractivity contribution in [1.29, 1.82) is 0 Å². The predicted molar refractivity (Wildman–Crippen MR) is 130 cm³/mol. The van der Waals surface area contributed by atoms with Crippen LogP contribution in [0.25, 0.3) is 0 Å². The van der Waals surface area contributed by atoms with E-state index in [0.717, 1.165) is 0 Å². The van der Waals surface area contributed by atoms with Crippen LogP contribution in [0, 0.1) is 5.92 Å². The van der Waals surface area contributed by atoms with E-state index in [-0.39, 0.29) is 30.8 Å². The average Bonchev–Trinajstić information content (AvgIpc) is 3.28. The lowest BCUT2D eigenvalue weighted by Crippen LogP contribution is -2.61. The van der Waals surface area contributed by atoms with E-state index in [0.29, 0.717) is 44.1 Å². The summed E-state index contributed by atoms with van der Waals surface area (Å²) >= 11 is 0. The molecule has 0 bridgehead atoms. The summed E-state index contributed by atoms with van der Waals surface area (Å²) < 4.78 is 27.1. The van der Waals surface area contributed by atoms with Gasteiger partial charge in [0.05, 0.1) is 12.3 Å². The zero-order chi connectivity index (χ0) is 26.0. The van der Waals surface area contributed by atoms with E-state index in [2.05, 4.69) is 5.32 Å². The van der Waals surface area contributed by atoms with E-state index in [1.165, 1.54) is 9.21 Å². The molecule has 1 aromatic rings. The van der Waals surface area contributed by atoms with Gasteiger partial charge in [-0.25, -0.2) is 8.42 Å². The highest BCUT2D eigenvalue weighted by Crippen LogP contribution is 2.31. The second kappa shape index (κ2) is 10.7. The number of nitrogens with two attached hydrogens (primary N) is 2. The lowest BCUT2D eigenvalue weighted by molar-refractivity contribution is -0.145. The van der Waals surface area contributed by atoms with Crippen LogP contribution < -0.4 is 16.8 Å². The first-order valence-corrected chi connectivity index (χ1v) is 13.9. The molecule has 0 spiro atoms. The molecule has 2 saturated heterocycles. The fourth-order valence-electron chi connectivity index (χ4n) is 5.60. The normalized spacial score (nSPS) is 27.8. The van der Waals surface area contributed by atoms with Crippen LogP contribution in [0.15, 0.2) is 30.3 Å². The van der Waals surface area contributed by atoms with Gasteiger partial charge < -0.3 is 21.7 Å².